The highest BCUT2D eigenvalue weighted by Gasteiger charge is 2.12. The summed E-state index contributed by atoms with van der Waals surface area (Å²) in [5.74, 6) is 0.583. The summed E-state index contributed by atoms with van der Waals surface area (Å²) in [5, 5.41) is 15.4. The predicted octanol–water partition coefficient (Wildman–Crippen LogP) is 5.13. The molecule has 2 aromatic carbocycles. The first kappa shape index (κ1) is 18.6. The number of amides is 1. The molecule has 144 valence electrons. The summed E-state index contributed by atoms with van der Waals surface area (Å²) < 4.78 is 12.0. The number of nitro groups is 1. The van der Waals surface area contributed by atoms with E-state index < -0.39 is 10.8 Å². The lowest BCUT2D eigenvalue weighted by molar-refractivity contribution is -0.384. The average Bonchev–Trinajstić information content (AvgIpc) is 3.34. The van der Waals surface area contributed by atoms with Crippen molar-refractivity contribution in [2.75, 3.05) is 0 Å². The van der Waals surface area contributed by atoms with Crippen LogP contribution in [0.4, 0.5) is 5.69 Å². The number of furan rings is 2. The van der Waals surface area contributed by atoms with E-state index in [0.29, 0.717) is 22.7 Å². The molecule has 8 nitrogen and oxygen atoms in total. The number of halogens is 1. The summed E-state index contributed by atoms with van der Waals surface area (Å²) in [5.41, 5.74) is 3.67. The lowest BCUT2D eigenvalue weighted by Gasteiger charge is -1.96. The third kappa shape index (κ3) is 4.09. The zero-order valence-corrected chi connectivity index (χ0v) is 16.3. The number of hydrogen-bond donors (Lipinski definition) is 1. The highest BCUT2D eigenvalue weighted by Crippen LogP contribution is 2.25. The van der Waals surface area contributed by atoms with Crippen LogP contribution in [0.5, 0.6) is 0 Å². The summed E-state index contributed by atoms with van der Waals surface area (Å²) in [6.07, 6.45) is 1.35. The van der Waals surface area contributed by atoms with Crippen LogP contribution in [0.2, 0.25) is 0 Å². The largest absolute Gasteiger partial charge is 0.455 e. The maximum absolute atomic E-state index is 12.2. The van der Waals surface area contributed by atoms with E-state index in [1.54, 1.807) is 36.4 Å². The van der Waals surface area contributed by atoms with E-state index in [9.17, 15) is 14.9 Å². The molecule has 0 saturated heterocycles. The number of nitrogens with zero attached hydrogens (tertiary/aromatic N) is 2. The van der Waals surface area contributed by atoms with Crippen LogP contribution in [0.3, 0.4) is 0 Å². The molecule has 4 aromatic rings. The molecule has 0 bridgehead atoms. The lowest BCUT2D eigenvalue weighted by Crippen LogP contribution is -2.16. The maximum atomic E-state index is 12.2. The molecule has 1 amide bonds. The zero-order valence-electron chi connectivity index (χ0n) is 14.7. The Morgan fingerprint density at radius 1 is 1.07 bits per heavy atom. The minimum atomic E-state index is -0.490. The van der Waals surface area contributed by atoms with Crippen molar-refractivity contribution in [2.24, 2.45) is 5.10 Å². The molecule has 2 aromatic heterocycles. The first-order valence-corrected chi connectivity index (χ1v) is 9.16. The second kappa shape index (κ2) is 7.72. The number of hydrazone groups is 1. The molecule has 0 radical (unpaired) electrons. The summed E-state index contributed by atoms with van der Waals surface area (Å²) in [7, 11) is 0. The van der Waals surface area contributed by atoms with Crippen molar-refractivity contribution in [3.8, 4) is 11.3 Å². The Hall–Kier alpha value is -3.72. The van der Waals surface area contributed by atoms with Crippen LogP contribution in [0, 0.1) is 10.1 Å². The van der Waals surface area contributed by atoms with Crippen LogP contribution in [0.1, 0.15) is 16.3 Å². The predicted molar refractivity (Wildman–Crippen MR) is 110 cm³/mol. The Bertz CT molecular complexity index is 1240. The zero-order chi connectivity index (χ0) is 20.4. The van der Waals surface area contributed by atoms with Gasteiger partial charge in [-0.25, -0.2) is 5.43 Å². The molecule has 0 atom stereocenters. The van der Waals surface area contributed by atoms with Crippen LogP contribution in [0.15, 0.2) is 79.1 Å². The molecule has 4 rings (SSSR count). The molecule has 0 unspecified atom stereocenters. The van der Waals surface area contributed by atoms with Crippen molar-refractivity contribution < 1.29 is 18.6 Å². The Morgan fingerprint density at radius 3 is 2.62 bits per heavy atom. The van der Waals surface area contributed by atoms with E-state index in [0.717, 1.165) is 9.86 Å². The van der Waals surface area contributed by atoms with Gasteiger partial charge in [-0.1, -0.05) is 15.9 Å². The molecule has 0 aliphatic rings. The second-order valence-electron chi connectivity index (χ2n) is 6.00. The monoisotopic (exact) mass is 453 g/mol. The number of benzene rings is 2. The van der Waals surface area contributed by atoms with Gasteiger partial charge in [-0.05, 0) is 48.5 Å². The molecule has 0 spiro atoms. The van der Waals surface area contributed by atoms with Gasteiger partial charge in [0.15, 0.2) is 5.76 Å². The average molecular weight is 454 g/mol. The molecule has 0 aliphatic carbocycles. The normalized spacial score (nSPS) is 11.2. The van der Waals surface area contributed by atoms with Crippen molar-refractivity contribution >= 4 is 44.7 Å². The molecule has 29 heavy (non-hydrogen) atoms. The van der Waals surface area contributed by atoms with Crippen molar-refractivity contribution in [2.45, 2.75) is 0 Å². The third-order valence-electron chi connectivity index (χ3n) is 4.05. The van der Waals surface area contributed by atoms with Gasteiger partial charge in [0, 0.05) is 27.6 Å². The fraction of sp³-hybridized carbons (Fsp3) is 0. The van der Waals surface area contributed by atoms with E-state index in [1.165, 1.54) is 18.3 Å². The van der Waals surface area contributed by atoms with Crippen molar-refractivity contribution in [3.63, 3.8) is 0 Å². The van der Waals surface area contributed by atoms with Gasteiger partial charge in [-0.2, -0.15) is 5.10 Å². The molecular weight excluding hydrogens is 442 g/mol. The number of hydrogen-bond acceptors (Lipinski definition) is 6. The minimum Gasteiger partial charge on any atom is -0.455 e. The van der Waals surface area contributed by atoms with Crippen molar-refractivity contribution in [1.29, 1.82) is 0 Å². The van der Waals surface area contributed by atoms with Crippen LogP contribution in [-0.4, -0.2) is 17.0 Å². The standard InChI is InChI=1S/C20H12BrN3O5/c21-14-3-7-18-13(9-14)10-19(29-18)20(25)23-22-11-16-6-8-17(28-16)12-1-4-15(5-2-12)24(26)27/h1-11H,(H,23,25)/b22-11-. The van der Waals surface area contributed by atoms with E-state index in [4.69, 9.17) is 8.83 Å². The van der Waals surface area contributed by atoms with Gasteiger partial charge in [-0.15, -0.1) is 0 Å². The van der Waals surface area contributed by atoms with Crippen LogP contribution < -0.4 is 5.43 Å². The quantitative estimate of drug-likeness (QED) is 0.255. The topological polar surface area (TPSA) is 111 Å². The Balaban J connectivity index is 1.42. The molecule has 0 fully saturated rings. The number of nitro benzene ring substituents is 1. The molecule has 0 aliphatic heterocycles. The summed E-state index contributed by atoms with van der Waals surface area (Å²) in [4.78, 5) is 22.4. The molecule has 1 N–H and O–H groups in total. The SMILES string of the molecule is O=C(N/N=C\c1ccc(-c2ccc([N+](=O)[O-])cc2)o1)c1cc2cc(Br)ccc2o1. The Morgan fingerprint density at radius 2 is 1.86 bits per heavy atom. The van der Waals surface area contributed by atoms with E-state index in [1.807, 2.05) is 12.1 Å². The number of nitrogens with one attached hydrogen (secondary N) is 1. The smallest absolute Gasteiger partial charge is 0.307 e. The number of carbonyl (C=O) groups excluding carboxylic acids is 1. The van der Waals surface area contributed by atoms with Crippen LogP contribution >= 0.6 is 15.9 Å². The highest BCUT2D eigenvalue weighted by atomic mass is 79.9. The molecule has 2 heterocycles. The summed E-state index contributed by atoms with van der Waals surface area (Å²) in [6.45, 7) is 0. The summed E-state index contributed by atoms with van der Waals surface area (Å²) in [6, 6.07) is 16.4. The van der Waals surface area contributed by atoms with Gasteiger partial charge < -0.3 is 8.83 Å². The fourth-order valence-electron chi connectivity index (χ4n) is 2.66. The highest BCUT2D eigenvalue weighted by molar-refractivity contribution is 9.10. The first-order valence-electron chi connectivity index (χ1n) is 8.37. The van der Waals surface area contributed by atoms with Crippen LogP contribution in [0.25, 0.3) is 22.3 Å². The van der Waals surface area contributed by atoms with Crippen LogP contribution in [-0.2, 0) is 0 Å². The number of rotatable bonds is 5. The fourth-order valence-corrected chi connectivity index (χ4v) is 3.04. The minimum absolute atomic E-state index is 0.00255. The molecule has 0 saturated carbocycles. The van der Waals surface area contributed by atoms with E-state index in [-0.39, 0.29) is 11.4 Å². The van der Waals surface area contributed by atoms with Gasteiger partial charge in [0.05, 0.1) is 11.1 Å². The van der Waals surface area contributed by atoms with E-state index in [2.05, 4.69) is 26.5 Å². The summed E-state index contributed by atoms with van der Waals surface area (Å²) >= 11 is 3.37. The number of fused-ring (bicyclic) bond motifs is 1. The lowest BCUT2D eigenvalue weighted by atomic mass is 10.1. The third-order valence-corrected chi connectivity index (χ3v) is 4.54. The molecule has 9 heteroatoms. The van der Waals surface area contributed by atoms with Gasteiger partial charge in [0.25, 0.3) is 5.69 Å². The maximum Gasteiger partial charge on any atom is 0.307 e. The number of non-ortho nitro benzene ring substituents is 1. The molecular formula is C20H12BrN3O5. The van der Waals surface area contributed by atoms with Gasteiger partial charge in [-0.3, -0.25) is 14.9 Å². The first-order chi connectivity index (χ1) is 14.0. The van der Waals surface area contributed by atoms with Gasteiger partial charge in [0.2, 0.25) is 0 Å². The van der Waals surface area contributed by atoms with E-state index >= 15 is 0 Å². The Kier molecular flexibility index (Phi) is 4.96. The van der Waals surface area contributed by atoms with Gasteiger partial charge in [0.1, 0.15) is 17.1 Å². The van der Waals surface area contributed by atoms with Crippen molar-refractivity contribution in [1.82, 2.24) is 5.43 Å². The second-order valence-corrected chi connectivity index (χ2v) is 6.91. The Labute approximate surface area is 172 Å². The number of carbonyl (C=O) groups is 1. The van der Waals surface area contributed by atoms with Crippen molar-refractivity contribution in [3.05, 3.63) is 86.8 Å². The van der Waals surface area contributed by atoms with Gasteiger partial charge >= 0.3 is 5.91 Å².